The molecular weight excluding hydrogens is 381 g/mol. The monoisotopic (exact) mass is 407 g/mol. The standard InChI is InChI=1S/C25H26FNO3/c1-18(27-25(29)24(28)22-9-5-6-10-23(22)26)11-12-19-13-15-21(16-14-19)30-17-20-7-3-2-4-8-20/h2-10,13-16,18,24,28H,11-12,17H2,1H3,(H,27,29). The van der Waals surface area contributed by atoms with Gasteiger partial charge in [-0.3, -0.25) is 4.79 Å². The quantitative estimate of drug-likeness (QED) is 0.546. The van der Waals surface area contributed by atoms with E-state index in [1.165, 1.54) is 18.2 Å². The molecular formula is C25H26FNO3. The van der Waals surface area contributed by atoms with E-state index < -0.39 is 17.8 Å². The zero-order valence-corrected chi connectivity index (χ0v) is 16.9. The fraction of sp³-hybridized carbons (Fsp3) is 0.240. The Morgan fingerprint density at radius 1 is 0.967 bits per heavy atom. The van der Waals surface area contributed by atoms with E-state index in [0.29, 0.717) is 13.0 Å². The number of halogens is 1. The van der Waals surface area contributed by atoms with Crippen molar-refractivity contribution in [2.45, 2.75) is 38.5 Å². The SMILES string of the molecule is CC(CCc1ccc(OCc2ccccc2)cc1)NC(=O)C(O)c1ccccc1F. The first-order chi connectivity index (χ1) is 14.5. The number of carbonyl (C=O) groups is 1. The molecule has 0 aromatic heterocycles. The molecule has 0 spiro atoms. The van der Waals surface area contributed by atoms with Gasteiger partial charge in [-0.05, 0) is 49.1 Å². The second kappa shape index (κ2) is 10.6. The average molecular weight is 407 g/mol. The number of benzene rings is 3. The molecule has 0 heterocycles. The van der Waals surface area contributed by atoms with E-state index in [-0.39, 0.29) is 11.6 Å². The van der Waals surface area contributed by atoms with E-state index in [1.807, 2.05) is 61.5 Å². The normalized spacial score (nSPS) is 12.8. The second-order valence-corrected chi connectivity index (χ2v) is 7.29. The second-order valence-electron chi connectivity index (χ2n) is 7.29. The lowest BCUT2D eigenvalue weighted by Gasteiger charge is -2.17. The van der Waals surface area contributed by atoms with Gasteiger partial charge < -0.3 is 15.2 Å². The third-order valence-electron chi connectivity index (χ3n) is 4.87. The summed E-state index contributed by atoms with van der Waals surface area (Å²) in [7, 11) is 0. The number of aryl methyl sites for hydroxylation is 1. The summed E-state index contributed by atoms with van der Waals surface area (Å²) in [5.74, 6) is -0.392. The van der Waals surface area contributed by atoms with E-state index >= 15 is 0 Å². The molecule has 0 fully saturated rings. The van der Waals surface area contributed by atoms with Gasteiger partial charge in [0.05, 0.1) is 0 Å². The summed E-state index contributed by atoms with van der Waals surface area (Å²) in [5.41, 5.74) is 2.22. The molecule has 1 amide bonds. The maximum absolute atomic E-state index is 13.7. The van der Waals surface area contributed by atoms with Crippen LogP contribution < -0.4 is 10.1 Å². The molecule has 156 valence electrons. The molecule has 30 heavy (non-hydrogen) atoms. The van der Waals surface area contributed by atoms with Crippen molar-refractivity contribution < 1.29 is 19.0 Å². The third-order valence-corrected chi connectivity index (χ3v) is 4.87. The van der Waals surface area contributed by atoms with Crippen molar-refractivity contribution in [2.24, 2.45) is 0 Å². The Bertz CT molecular complexity index is 944. The maximum atomic E-state index is 13.7. The summed E-state index contributed by atoms with van der Waals surface area (Å²) < 4.78 is 19.5. The zero-order chi connectivity index (χ0) is 21.3. The van der Waals surface area contributed by atoms with E-state index in [0.717, 1.165) is 23.3 Å². The first-order valence-electron chi connectivity index (χ1n) is 10.0. The Morgan fingerprint density at radius 3 is 2.33 bits per heavy atom. The number of aliphatic hydroxyl groups is 1. The van der Waals surface area contributed by atoms with Gasteiger partial charge in [-0.2, -0.15) is 0 Å². The molecule has 0 saturated heterocycles. The lowest BCUT2D eigenvalue weighted by atomic mass is 10.0. The highest BCUT2D eigenvalue weighted by Crippen LogP contribution is 2.18. The average Bonchev–Trinajstić information content (AvgIpc) is 2.77. The Kier molecular flexibility index (Phi) is 7.57. The number of aliphatic hydroxyl groups excluding tert-OH is 1. The minimum atomic E-state index is -1.52. The molecule has 3 aromatic carbocycles. The van der Waals surface area contributed by atoms with Crippen LogP contribution in [0.1, 0.15) is 36.1 Å². The van der Waals surface area contributed by atoms with Crippen molar-refractivity contribution in [2.75, 3.05) is 0 Å². The van der Waals surface area contributed by atoms with Gasteiger partial charge in [0, 0.05) is 11.6 Å². The molecule has 0 aliphatic heterocycles. The molecule has 0 bridgehead atoms. The van der Waals surface area contributed by atoms with Crippen molar-refractivity contribution in [3.05, 3.63) is 101 Å². The third kappa shape index (κ3) is 6.16. The molecule has 2 N–H and O–H groups in total. The molecule has 2 unspecified atom stereocenters. The first kappa shape index (κ1) is 21.5. The molecule has 5 heteroatoms. The Hall–Kier alpha value is -3.18. The van der Waals surface area contributed by atoms with Gasteiger partial charge in [0.15, 0.2) is 6.10 Å². The van der Waals surface area contributed by atoms with E-state index in [9.17, 15) is 14.3 Å². The topological polar surface area (TPSA) is 58.6 Å². The van der Waals surface area contributed by atoms with Gasteiger partial charge in [0.2, 0.25) is 0 Å². The molecule has 0 saturated carbocycles. The first-order valence-corrected chi connectivity index (χ1v) is 10.0. The molecule has 2 atom stereocenters. The van der Waals surface area contributed by atoms with Crippen molar-refractivity contribution >= 4 is 5.91 Å². The fourth-order valence-corrected chi connectivity index (χ4v) is 3.11. The van der Waals surface area contributed by atoms with Gasteiger partial charge in [0.1, 0.15) is 18.2 Å². The van der Waals surface area contributed by atoms with Gasteiger partial charge in [-0.25, -0.2) is 4.39 Å². The van der Waals surface area contributed by atoms with Gasteiger partial charge in [-0.1, -0.05) is 60.7 Å². The number of amides is 1. The van der Waals surface area contributed by atoms with Crippen molar-refractivity contribution in [1.29, 1.82) is 0 Å². The lowest BCUT2D eigenvalue weighted by molar-refractivity contribution is -0.130. The van der Waals surface area contributed by atoms with Crippen LogP contribution in [-0.4, -0.2) is 17.1 Å². The number of ether oxygens (including phenoxy) is 1. The molecule has 0 aliphatic carbocycles. The summed E-state index contributed by atoms with van der Waals surface area (Å²) in [6.45, 7) is 2.39. The number of hydrogen-bond acceptors (Lipinski definition) is 3. The number of carbonyl (C=O) groups excluding carboxylic acids is 1. The van der Waals surface area contributed by atoms with Crippen LogP contribution in [0.2, 0.25) is 0 Å². The van der Waals surface area contributed by atoms with Crippen LogP contribution in [0.15, 0.2) is 78.9 Å². The summed E-state index contributed by atoms with van der Waals surface area (Å²) in [6.07, 6.45) is -0.0643. The van der Waals surface area contributed by atoms with E-state index in [4.69, 9.17) is 4.74 Å². The Labute approximate surface area is 176 Å². The zero-order valence-electron chi connectivity index (χ0n) is 16.9. The lowest BCUT2D eigenvalue weighted by Crippen LogP contribution is -2.36. The molecule has 0 radical (unpaired) electrons. The van der Waals surface area contributed by atoms with Crippen LogP contribution in [0, 0.1) is 5.82 Å². The van der Waals surface area contributed by atoms with Crippen molar-refractivity contribution in [3.63, 3.8) is 0 Å². The van der Waals surface area contributed by atoms with Gasteiger partial charge >= 0.3 is 0 Å². The number of nitrogens with one attached hydrogen (secondary N) is 1. The smallest absolute Gasteiger partial charge is 0.253 e. The van der Waals surface area contributed by atoms with Gasteiger partial charge in [-0.15, -0.1) is 0 Å². The maximum Gasteiger partial charge on any atom is 0.253 e. The summed E-state index contributed by atoms with van der Waals surface area (Å²) in [6, 6.07) is 23.4. The number of hydrogen-bond donors (Lipinski definition) is 2. The molecule has 3 aromatic rings. The minimum Gasteiger partial charge on any atom is -0.489 e. The predicted octanol–water partition coefficient (Wildman–Crippen LogP) is 4.58. The van der Waals surface area contributed by atoms with Crippen LogP contribution in [0.3, 0.4) is 0 Å². The number of rotatable bonds is 9. The van der Waals surface area contributed by atoms with E-state index in [2.05, 4.69) is 5.32 Å². The summed E-state index contributed by atoms with van der Waals surface area (Å²) in [5, 5.41) is 12.8. The summed E-state index contributed by atoms with van der Waals surface area (Å²) in [4.78, 5) is 12.2. The Balaban J connectivity index is 1.44. The van der Waals surface area contributed by atoms with Gasteiger partial charge in [0.25, 0.3) is 5.91 Å². The predicted molar refractivity (Wildman–Crippen MR) is 115 cm³/mol. The fourth-order valence-electron chi connectivity index (χ4n) is 3.11. The molecule has 0 aliphatic rings. The molecule has 4 nitrogen and oxygen atoms in total. The highest BCUT2D eigenvalue weighted by atomic mass is 19.1. The summed E-state index contributed by atoms with van der Waals surface area (Å²) >= 11 is 0. The van der Waals surface area contributed by atoms with Crippen LogP contribution in [0.25, 0.3) is 0 Å². The van der Waals surface area contributed by atoms with E-state index in [1.54, 1.807) is 6.07 Å². The van der Waals surface area contributed by atoms with Crippen LogP contribution in [-0.2, 0) is 17.8 Å². The Morgan fingerprint density at radius 2 is 1.63 bits per heavy atom. The highest BCUT2D eigenvalue weighted by Gasteiger charge is 2.21. The van der Waals surface area contributed by atoms with Crippen LogP contribution >= 0.6 is 0 Å². The van der Waals surface area contributed by atoms with Crippen molar-refractivity contribution in [3.8, 4) is 5.75 Å². The van der Waals surface area contributed by atoms with Crippen molar-refractivity contribution in [1.82, 2.24) is 5.32 Å². The molecule has 3 rings (SSSR count). The minimum absolute atomic E-state index is 0.0201. The van der Waals surface area contributed by atoms with Crippen LogP contribution in [0.4, 0.5) is 4.39 Å². The van der Waals surface area contributed by atoms with Crippen LogP contribution in [0.5, 0.6) is 5.75 Å². The highest BCUT2D eigenvalue weighted by molar-refractivity contribution is 5.82. The largest absolute Gasteiger partial charge is 0.489 e.